The molecule has 0 saturated carbocycles. The number of anilines is 4. The molecule has 3 aromatic heterocycles. The molecule has 98 heavy (non-hydrogen) atoms. The van der Waals surface area contributed by atoms with Gasteiger partial charge >= 0.3 is 0 Å². The van der Waals surface area contributed by atoms with E-state index in [1.807, 2.05) is 23.6 Å². The molecule has 0 spiro atoms. The normalized spacial score (nSPS) is 13.6. The van der Waals surface area contributed by atoms with E-state index >= 15 is 0 Å². The SMILES string of the molecule is Cc1c(C)c(-c2cc(C(C)(C)C)cc(C(C)(C)C)c2)c(N2[CH-]N(c3[c-]c(Oc4[c-]c5c(c(-c6cc(C(C)(C)C)cc(C(C)(C)C)c6)c4)c4c6sc7ccccc7c6ccc4n5-c4cc(C(C)(C)C)ccn4)ccc3)c3ccccc32)c(-c2cc(C(C)(C)C)cc(C(C)(C)C)c2)c1C.[Pt]. The van der Waals surface area contributed by atoms with Crippen molar-refractivity contribution in [2.45, 2.75) is 204 Å². The number of nitrogens with zero attached hydrogens (tertiary/aromatic N) is 4. The molecule has 5 nitrogen and oxygen atoms in total. The Bertz CT molecular complexity index is 4940. The number of hydrogen-bond donors (Lipinski definition) is 0. The Morgan fingerprint density at radius 2 is 0.898 bits per heavy atom. The van der Waals surface area contributed by atoms with Crippen LogP contribution in [0, 0.1) is 39.6 Å². The molecule has 12 aromatic rings. The van der Waals surface area contributed by atoms with E-state index in [9.17, 15) is 0 Å². The van der Waals surface area contributed by atoms with Crippen LogP contribution in [-0.4, -0.2) is 9.55 Å². The van der Waals surface area contributed by atoms with Crippen LogP contribution in [0.15, 0.2) is 158 Å². The van der Waals surface area contributed by atoms with E-state index in [0.29, 0.717) is 11.5 Å². The molecule has 1 aliphatic heterocycles. The third-order valence-corrected chi connectivity index (χ3v) is 21.6. The monoisotopic (exact) mass is 1490 g/mol. The molecule has 0 aliphatic carbocycles. The maximum Gasteiger partial charge on any atom is 0.135 e. The van der Waals surface area contributed by atoms with E-state index in [-0.39, 0.29) is 59.0 Å². The Morgan fingerprint density at radius 3 is 1.41 bits per heavy atom. The molecule has 508 valence electrons. The Balaban J connectivity index is 0.00000914. The standard InChI is InChI=1S/C91H99N4OS.Pt/c1-54-55(2)79(58-42-63(88(13,14)15)47-64(43-58)89(16,17)18)83(80(56(54)3)59-44-65(90(19,20)21)48-66(45-59)91(22,23)24)94-53-93(73-33-26-27-34-74(73)94)67-30-29-31-68(50-67)96-69-51-72(57-40-61(86(7,8)9)46-62(41-57)87(10,11)12)81-76(52-69)95(78-49-60(38-39-92-78)85(4,5)6)75-37-36-71-70-32-25-28-35-77(70)97-84(71)82(75)81;/h25-49,51,53H,1-24H3;/q-3;. The van der Waals surface area contributed by atoms with Gasteiger partial charge in [0, 0.05) is 92.6 Å². The van der Waals surface area contributed by atoms with E-state index in [0.717, 1.165) is 56.1 Å². The number of para-hydroxylation sites is 2. The third-order valence-electron chi connectivity index (χ3n) is 20.4. The third kappa shape index (κ3) is 12.8. The van der Waals surface area contributed by atoms with Crippen LogP contribution in [0.2, 0.25) is 0 Å². The van der Waals surface area contributed by atoms with Gasteiger partial charge in [-0.2, -0.15) is 6.07 Å². The van der Waals surface area contributed by atoms with E-state index < -0.39 is 0 Å². The van der Waals surface area contributed by atoms with E-state index in [1.54, 1.807) is 0 Å². The van der Waals surface area contributed by atoms with Crippen LogP contribution in [0.1, 0.15) is 201 Å². The molecular formula is C91H99N4OPtS-3. The second-order valence-corrected chi connectivity index (χ2v) is 36.0. The van der Waals surface area contributed by atoms with Crippen LogP contribution in [0.4, 0.5) is 22.7 Å². The second-order valence-electron chi connectivity index (χ2n) is 34.9. The Labute approximate surface area is 604 Å². The number of thiophene rings is 1. The first-order valence-electron chi connectivity index (χ1n) is 34.9. The molecule has 0 unspecified atom stereocenters. The molecule has 0 saturated heterocycles. The topological polar surface area (TPSA) is 33.5 Å². The summed E-state index contributed by atoms with van der Waals surface area (Å²) in [6.07, 6.45) is 1.97. The van der Waals surface area contributed by atoms with Gasteiger partial charge in [-0.3, -0.25) is 0 Å². The summed E-state index contributed by atoms with van der Waals surface area (Å²) in [6, 6.07) is 65.2. The number of benzene rings is 9. The number of aromatic nitrogens is 2. The van der Waals surface area contributed by atoms with Crippen LogP contribution in [0.3, 0.4) is 0 Å². The average Bonchev–Trinajstić information content (AvgIpc) is 1.65. The predicted octanol–water partition coefficient (Wildman–Crippen LogP) is 26.4. The largest absolute Gasteiger partial charge is 0.509 e. The van der Waals surface area contributed by atoms with Gasteiger partial charge in [-0.15, -0.1) is 59.6 Å². The van der Waals surface area contributed by atoms with Gasteiger partial charge < -0.3 is 19.1 Å². The minimum absolute atomic E-state index is 0. The Hall–Kier alpha value is -7.76. The molecule has 1 aliphatic rings. The molecule has 0 amide bonds. The Kier molecular flexibility index (Phi) is 17.6. The fourth-order valence-electron chi connectivity index (χ4n) is 14.1. The first-order valence-corrected chi connectivity index (χ1v) is 35.7. The predicted molar refractivity (Wildman–Crippen MR) is 419 cm³/mol. The number of hydrogen-bond acceptors (Lipinski definition) is 5. The molecule has 0 N–H and O–H groups in total. The van der Waals surface area contributed by atoms with Gasteiger partial charge in [0.15, 0.2) is 0 Å². The Morgan fingerprint density at radius 1 is 0.418 bits per heavy atom. The zero-order chi connectivity index (χ0) is 69.8. The van der Waals surface area contributed by atoms with Gasteiger partial charge in [-0.25, -0.2) is 4.98 Å². The molecule has 0 atom stereocenters. The zero-order valence-corrected chi connectivity index (χ0v) is 65.6. The van der Waals surface area contributed by atoms with Gasteiger partial charge in [-0.1, -0.05) is 247 Å². The van der Waals surface area contributed by atoms with Crippen molar-refractivity contribution < 1.29 is 25.8 Å². The van der Waals surface area contributed by atoms with E-state index in [2.05, 4.69) is 345 Å². The summed E-state index contributed by atoms with van der Waals surface area (Å²) in [5.41, 5.74) is 25.4. The van der Waals surface area contributed by atoms with Crippen molar-refractivity contribution in [2.24, 2.45) is 0 Å². The van der Waals surface area contributed by atoms with Crippen LogP contribution in [-0.2, 0) is 59.0 Å². The summed E-state index contributed by atoms with van der Waals surface area (Å²) in [5.74, 6) is 2.01. The molecular weight excluding hydrogens is 1390 g/mol. The molecule has 9 aromatic carbocycles. The van der Waals surface area contributed by atoms with Gasteiger partial charge in [-0.05, 0) is 173 Å². The van der Waals surface area contributed by atoms with E-state index in [4.69, 9.17) is 9.72 Å². The van der Waals surface area contributed by atoms with Crippen LogP contribution in [0.25, 0.3) is 81.2 Å². The quantitative estimate of drug-likeness (QED) is 0.142. The van der Waals surface area contributed by atoms with Crippen LogP contribution in [0.5, 0.6) is 11.5 Å². The van der Waals surface area contributed by atoms with Gasteiger partial charge in [0.05, 0.1) is 0 Å². The number of rotatable bonds is 8. The maximum atomic E-state index is 7.40. The smallest absolute Gasteiger partial charge is 0.135 e. The van der Waals surface area contributed by atoms with Crippen molar-refractivity contribution in [3.8, 4) is 50.7 Å². The van der Waals surface area contributed by atoms with Gasteiger partial charge in [0.2, 0.25) is 0 Å². The molecule has 7 heteroatoms. The summed E-state index contributed by atoms with van der Waals surface area (Å²) in [7, 11) is 0. The van der Waals surface area contributed by atoms with Crippen molar-refractivity contribution in [3.05, 3.63) is 232 Å². The van der Waals surface area contributed by atoms with Crippen LogP contribution < -0.4 is 14.5 Å². The number of fused-ring (bicyclic) bond motifs is 8. The molecule has 0 radical (unpaired) electrons. The minimum atomic E-state index is -0.129. The molecule has 13 rings (SSSR count). The average molecular weight is 1490 g/mol. The summed E-state index contributed by atoms with van der Waals surface area (Å²) in [5, 5.41) is 4.81. The van der Waals surface area contributed by atoms with Crippen molar-refractivity contribution >= 4 is 76.1 Å². The summed E-state index contributed by atoms with van der Waals surface area (Å²) < 4.78 is 12.2. The van der Waals surface area contributed by atoms with E-state index in [1.165, 1.54) is 103 Å². The summed E-state index contributed by atoms with van der Waals surface area (Å²) in [6.45, 7) is 58.2. The van der Waals surface area contributed by atoms with Crippen molar-refractivity contribution in [3.63, 3.8) is 0 Å². The molecule has 0 bridgehead atoms. The fourth-order valence-corrected chi connectivity index (χ4v) is 15.3. The van der Waals surface area contributed by atoms with Gasteiger partial charge in [0.1, 0.15) is 5.82 Å². The van der Waals surface area contributed by atoms with Gasteiger partial charge in [0.25, 0.3) is 0 Å². The summed E-state index contributed by atoms with van der Waals surface area (Å²) >= 11 is 1.87. The number of ether oxygens (including phenoxy) is 1. The first-order chi connectivity index (χ1) is 45.2. The first kappa shape index (κ1) is 70.1. The molecule has 0 fully saturated rings. The van der Waals surface area contributed by atoms with Crippen molar-refractivity contribution in [2.75, 3.05) is 9.80 Å². The van der Waals surface area contributed by atoms with Crippen molar-refractivity contribution in [1.82, 2.24) is 9.55 Å². The molecule has 4 heterocycles. The maximum absolute atomic E-state index is 7.40. The minimum Gasteiger partial charge on any atom is -0.509 e. The zero-order valence-electron chi connectivity index (χ0n) is 62.5. The van der Waals surface area contributed by atoms with Crippen LogP contribution >= 0.6 is 11.3 Å². The van der Waals surface area contributed by atoms with Crippen molar-refractivity contribution in [1.29, 1.82) is 0 Å². The second kappa shape index (κ2) is 24.5. The number of pyridine rings is 1. The fraction of sp³-hybridized carbons (Fsp3) is 0.341. The summed E-state index contributed by atoms with van der Waals surface area (Å²) in [4.78, 5) is 10.0.